The SMILES string of the molecule is CC(=O)c1ccc(N2CCN([C@H](C(=O)Nc3ccc(Cl)c(C(F)(F)F)c3)c3ccccc3)CC2)cc1. The van der Waals surface area contributed by atoms with E-state index in [0.717, 1.165) is 23.4 Å². The number of Topliss-reactive ketones (excluding diaryl/α,β-unsaturated/α-hetero) is 1. The summed E-state index contributed by atoms with van der Waals surface area (Å²) >= 11 is 5.72. The predicted octanol–water partition coefficient (Wildman–Crippen LogP) is 6.06. The van der Waals surface area contributed by atoms with Gasteiger partial charge in [0, 0.05) is 43.1 Å². The highest BCUT2D eigenvalue weighted by atomic mass is 35.5. The molecule has 1 amide bonds. The second kappa shape index (κ2) is 10.7. The van der Waals surface area contributed by atoms with Crippen LogP contribution in [0.1, 0.15) is 34.5 Å². The quantitative estimate of drug-likeness (QED) is 0.405. The molecule has 4 rings (SSSR count). The summed E-state index contributed by atoms with van der Waals surface area (Å²) in [4.78, 5) is 29.1. The fraction of sp³-hybridized carbons (Fsp3) is 0.259. The molecule has 0 bridgehead atoms. The fourth-order valence-corrected chi connectivity index (χ4v) is 4.56. The highest BCUT2D eigenvalue weighted by Crippen LogP contribution is 2.36. The van der Waals surface area contributed by atoms with Crippen molar-refractivity contribution in [1.82, 2.24) is 4.90 Å². The lowest BCUT2D eigenvalue weighted by Crippen LogP contribution is -2.50. The van der Waals surface area contributed by atoms with Crippen LogP contribution in [0.5, 0.6) is 0 Å². The van der Waals surface area contributed by atoms with Gasteiger partial charge in [0.05, 0.1) is 10.6 Å². The zero-order chi connectivity index (χ0) is 25.9. The van der Waals surface area contributed by atoms with Crippen molar-refractivity contribution < 1.29 is 22.8 Å². The Hall–Kier alpha value is -3.36. The molecule has 36 heavy (non-hydrogen) atoms. The molecule has 0 aromatic heterocycles. The van der Waals surface area contributed by atoms with Gasteiger partial charge in [-0.2, -0.15) is 13.2 Å². The van der Waals surface area contributed by atoms with E-state index in [1.165, 1.54) is 13.0 Å². The fourth-order valence-electron chi connectivity index (χ4n) is 4.34. The second-order valence-corrected chi connectivity index (χ2v) is 9.03. The normalized spacial score (nSPS) is 15.4. The number of halogens is 4. The van der Waals surface area contributed by atoms with Crippen LogP contribution in [0.25, 0.3) is 0 Å². The summed E-state index contributed by atoms with van der Waals surface area (Å²) in [5, 5.41) is 2.23. The van der Waals surface area contributed by atoms with Crippen LogP contribution >= 0.6 is 11.6 Å². The molecule has 0 saturated carbocycles. The number of piperazine rings is 1. The molecule has 1 saturated heterocycles. The maximum absolute atomic E-state index is 13.4. The molecule has 1 aliphatic rings. The molecule has 1 aliphatic heterocycles. The molecule has 0 aliphatic carbocycles. The molecule has 1 atom stereocenters. The van der Waals surface area contributed by atoms with Crippen LogP contribution in [0.15, 0.2) is 72.8 Å². The lowest BCUT2D eigenvalue weighted by atomic mass is 10.0. The summed E-state index contributed by atoms with van der Waals surface area (Å²) in [5.41, 5.74) is 1.42. The topological polar surface area (TPSA) is 52.7 Å². The first-order chi connectivity index (χ1) is 17.1. The molecule has 0 radical (unpaired) electrons. The largest absolute Gasteiger partial charge is 0.417 e. The van der Waals surface area contributed by atoms with Gasteiger partial charge in [0.25, 0.3) is 0 Å². The number of nitrogens with one attached hydrogen (secondary N) is 1. The van der Waals surface area contributed by atoms with Gasteiger partial charge >= 0.3 is 6.18 Å². The van der Waals surface area contributed by atoms with Crippen molar-refractivity contribution in [2.75, 3.05) is 36.4 Å². The lowest BCUT2D eigenvalue weighted by molar-refractivity contribution is -0.137. The lowest BCUT2D eigenvalue weighted by Gasteiger charge is -2.39. The number of amides is 1. The van der Waals surface area contributed by atoms with Crippen molar-refractivity contribution in [1.29, 1.82) is 0 Å². The van der Waals surface area contributed by atoms with E-state index in [-0.39, 0.29) is 11.5 Å². The Labute approximate surface area is 212 Å². The van der Waals surface area contributed by atoms with Crippen LogP contribution in [-0.4, -0.2) is 42.8 Å². The number of alkyl halides is 3. The van der Waals surface area contributed by atoms with E-state index in [0.29, 0.717) is 31.7 Å². The Kier molecular flexibility index (Phi) is 7.66. The van der Waals surface area contributed by atoms with Gasteiger partial charge in [0.2, 0.25) is 5.91 Å². The van der Waals surface area contributed by atoms with E-state index in [9.17, 15) is 22.8 Å². The molecule has 0 unspecified atom stereocenters. The molecular weight excluding hydrogens is 491 g/mol. The monoisotopic (exact) mass is 515 g/mol. The van der Waals surface area contributed by atoms with E-state index in [4.69, 9.17) is 11.6 Å². The first-order valence-corrected chi connectivity index (χ1v) is 11.8. The van der Waals surface area contributed by atoms with Gasteiger partial charge < -0.3 is 10.2 Å². The third-order valence-corrected chi connectivity index (χ3v) is 6.55. The average molecular weight is 516 g/mol. The Morgan fingerprint density at radius 1 is 0.917 bits per heavy atom. The number of hydrogen-bond donors (Lipinski definition) is 1. The van der Waals surface area contributed by atoms with E-state index >= 15 is 0 Å². The minimum atomic E-state index is -4.63. The molecular formula is C27H25ClF3N3O2. The molecule has 0 spiro atoms. The summed E-state index contributed by atoms with van der Waals surface area (Å²) in [5.74, 6) is -0.415. The highest BCUT2D eigenvalue weighted by molar-refractivity contribution is 6.31. The zero-order valence-corrected chi connectivity index (χ0v) is 20.3. The zero-order valence-electron chi connectivity index (χ0n) is 19.6. The molecule has 3 aromatic rings. The molecule has 5 nitrogen and oxygen atoms in total. The Morgan fingerprint density at radius 2 is 1.56 bits per heavy atom. The van der Waals surface area contributed by atoms with Crippen molar-refractivity contribution in [3.05, 3.63) is 94.5 Å². The number of nitrogens with zero attached hydrogens (tertiary/aromatic N) is 2. The van der Waals surface area contributed by atoms with Crippen LogP contribution < -0.4 is 10.2 Å². The number of rotatable bonds is 6. The molecule has 1 heterocycles. The average Bonchev–Trinajstić information content (AvgIpc) is 2.86. The first kappa shape index (κ1) is 25.7. The predicted molar refractivity (Wildman–Crippen MR) is 134 cm³/mol. The van der Waals surface area contributed by atoms with Crippen molar-refractivity contribution >= 4 is 34.7 Å². The van der Waals surface area contributed by atoms with Gasteiger partial charge in [-0.1, -0.05) is 41.9 Å². The molecule has 1 fully saturated rings. The van der Waals surface area contributed by atoms with Crippen LogP contribution in [0, 0.1) is 0 Å². The molecule has 3 aromatic carbocycles. The summed E-state index contributed by atoms with van der Waals surface area (Å²) in [7, 11) is 0. The van der Waals surface area contributed by atoms with Gasteiger partial charge in [-0.15, -0.1) is 0 Å². The molecule has 1 N–H and O–H groups in total. The third kappa shape index (κ3) is 5.88. The van der Waals surface area contributed by atoms with Crippen molar-refractivity contribution in [3.63, 3.8) is 0 Å². The van der Waals surface area contributed by atoms with E-state index in [2.05, 4.69) is 10.2 Å². The molecule has 9 heteroatoms. The maximum atomic E-state index is 13.4. The Bertz CT molecular complexity index is 1230. The minimum absolute atomic E-state index is 0.00567. The Morgan fingerprint density at radius 3 is 2.14 bits per heavy atom. The minimum Gasteiger partial charge on any atom is -0.369 e. The number of carbonyl (C=O) groups excluding carboxylic acids is 2. The number of ketones is 1. The first-order valence-electron chi connectivity index (χ1n) is 11.5. The van der Waals surface area contributed by atoms with Crippen LogP contribution in [0.4, 0.5) is 24.5 Å². The van der Waals surface area contributed by atoms with Gasteiger partial charge in [-0.05, 0) is 55.0 Å². The third-order valence-electron chi connectivity index (χ3n) is 6.22. The van der Waals surface area contributed by atoms with Gasteiger partial charge in [0.15, 0.2) is 5.78 Å². The van der Waals surface area contributed by atoms with Crippen LogP contribution in [0.2, 0.25) is 5.02 Å². The summed E-state index contributed by atoms with van der Waals surface area (Å²) in [6.45, 7) is 3.95. The van der Waals surface area contributed by atoms with E-state index in [1.807, 2.05) is 47.4 Å². The van der Waals surface area contributed by atoms with Gasteiger partial charge in [0.1, 0.15) is 6.04 Å². The summed E-state index contributed by atoms with van der Waals surface area (Å²) in [6, 6.07) is 19.2. The second-order valence-electron chi connectivity index (χ2n) is 8.62. The maximum Gasteiger partial charge on any atom is 0.417 e. The number of anilines is 2. The Balaban J connectivity index is 1.52. The van der Waals surface area contributed by atoms with Crippen LogP contribution in [0.3, 0.4) is 0 Å². The smallest absolute Gasteiger partial charge is 0.369 e. The van der Waals surface area contributed by atoms with Crippen molar-refractivity contribution in [3.8, 4) is 0 Å². The van der Waals surface area contributed by atoms with E-state index in [1.54, 1.807) is 12.1 Å². The van der Waals surface area contributed by atoms with Crippen LogP contribution in [-0.2, 0) is 11.0 Å². The number of hydrogen-bond acceptors (Lipinski definition) is 4. The summed E-state index contributed by atoms with van der Waals surface area (Å²) in [6.07, 6.45) is -4.63. The highest BCUT2D eigenvalue weighted by Gasteiger charge is 2.34. The van der Waals surface area contributed by atoms with E-state index < -0.39 is 28.7 Å². The summed E-state index contributed by atoms with van der Waals surface area (Å²) < 4.78 is 39.9. The van der Waals surface area contributed by atoms with Crippen molar-refractivity contribution in [2.24, 2.45) is 0 Å². The van der Waals surface area contributed by atoms with Crippen molar-refractivity contribution in [2.45, 2.75) is 19.1 Å². The standard InChI is InChI=1S/C27H25ClF3N3O2/c1-18(35)19-7-10-22(11-8-19)33-13-15-34(16-14-33)25(20-5-3-2-4-6-20)26(36)32-21-9-12-24(28)23(17-21)27(29,30)31/h2-12,17,25H,13-16H2,1H3,(H,32,36)/t25-/m0/s1. The van der Waals surface area contributed by atoms with Gasteiger partial charge in [-0.25, -0.2) is 0 Å². The van der Waals surface area contributed by atoms with Gasteiger partial charge in [-0.3, -0.25) is 14.5 Å². The number of carbonyl (C=O) groups is 2. The number of benzene rings is 3. The molecule has 188 valence electrons.